The lowest BCUT2D eigenvalue weighted by Crippen LogP contribution is -2.35. The largest absolute Gasteiger partial charge is 0.339 e. The Kier molecular flexibility index (Phi) is 5.18. The van der Waals surface area contributed by atoms with E-state index in [1.807, 2.05) is 51.9 Å². The van der Waals surface area contributed by atoms with Gasteiger partial charge in [0.15, 0.2) is 0 Å². The Hall–Kier alpha value is -2.66. The van der Waals surface area contributed by atoms with Crippen LogP contribution in [0.1, 0.15) is 42.4 Å². The van der Waals surface area contributed by atoms with Crippen molar-refractivity contribution in [1.29, 1.82) is 0 Å². The first-order valence-electron chi connectivity index (χ1n) is 9.59. The van der Waals surface area contributed by atoms with Gasteiger partial charge >= 0.3 is 0 Å². The predicted molar refractivity (Wildman–Crippen MR) is 110 cm³/mol. The number of hydrogen-bond acceptors (Lipinski definition) is 3. The van der Waals surface area contributed by atoms with Crippen LogP contribution in [0.4, 0.5) is 0 Å². The number of amides is 1. The number of imidazole rings is 1. The molecule has 144 valence electrons. The maximum atomic E-state index is 12.8. The molecule has 1 amide bonds. The fourth-order valence-electron chi connectivity index (χ4n) is 3.79. The summed E-state index contributed by atoms with van der Waals surface area (Å²) >= 11 is 6.17. The van der Waals surface area contributed by atoms with Crippen LogP contribution in [0.25, 0.3) is 16.7 Å². The van der Waals surface area contributed by atoms with Crippen molar-refractivity contribution in [2.45, 2.75) is 32.6 Å². The number of hydrogen-bond donors (Lipinski definition) is 0. The normalized spacial score (nSPS) is 14.4. The number of piperidine rings is 1. The average Bonchev–Trinajstić information content (AvgIpc) is 3.04. The Labute approximate surface area is 168 Å². The summed E-state index contributed by atoms with van der Waals surface area (Å²) in [4.78, 5) is 31.2. The van der Waals surface area contributed by atoms with Gasteiger partial charge in [-0.2, -0.15) is 0 Å². The second-order valence-corrected chi connectivity index (χ2v) is 7.71. The van der Waals surface area contributed by atoms with Crippen LogP contribution in [0.15, 0.2) is 42.5 Å². The predicted octanol–water partition coefficient (Wildman–Crippen LogP) is 4.44. The van der Waals surface area contributed by atoms with Gasteiger partial charge in [0.05, 0.1) is 17.5 Å². The first-order chi connectivity index (χ1) is 13.5. The molecule has 2 heterocycles. The van der Waals surface area contributed by atoms with E-state index in [0.717, 1.165) is 37.1 Å². The van der Waals surface area contributed by atoms with Gasteiger partial charge in [-0.15, -0.1) is 0 Å². The van der Waals surface area contributed by atoms with Crippen LogP contribution in [0.2, 0.25) is 5.02 Å². The summed E-state index contributed by atoms with van der Waals surface area (Å²) in [5, 5.41) is 0.616. The lowest BCUT2D eigenvalue weighted by atomic mass is 10.1. The summed E-state index contributed by atoms with van der Waals surface area (Å²) in [5.74, 6) is 0.725. The molecule has 1 aliphatic rings. The molecule has 0 spiro atoms. The average molecular weight is 396 g/mol. The van der Waals surface area contributed by atoms with Crippen molar-refractivity contribution in [2.24, 2.45) is 0 Å². The number of fused-ring (bicyclic) bond motifs is 1. The molecule has 0 N–H and O–H groups in total. The molecule has 0 aliphatic carbocycles. The number of halogens is 1. The highest BCUT2D eigenvalue weighted by Crippen LogP contribution is 2.26. The van der Waals surface area contributed by atoms with Crippen LogP contribution in [-0.4, -0.2) is 39.2 Å². The Morgan fingerprint density at radius 1 is 1.07 bits per heavy atom. The Bertz CT molecular complexity index is 1050. The van der Waals surface area contributed by atoms with Crippen LogP contribution < -0.4 is 0 Å². The molecular weight excluding hydrogens is 374 g/mol. The minimum Gasteiger partial charge on any atom is -0.339 e. The van der Waals surface area contributed by atoms with Crippen molar-refractivity contribution < 1.29 is 9.59 Å². The van der Waals surface area contributed by atoms with Crippen LogP contribution >= 0.6 is 11.6 Å². The summed E-state index contributed by atoms with van der Waals surface area (Å²) in [6, 6.07) is 13.0. The van der Waals surface area contributed by atoms with Crippen LogP contribution in [0.5, 0.6) is 0 Å². The first-order valence-corrected chi connectivity index (χ1v) is 9.97. The number of likely N-dealkylation sites (tertiary alicyclic amines) is 1. The minimum atomic E-state index is 0.0307. The van der Waals surface area contributed by atoms with E-state index >= 15 is 0 Å². The third kappa shape index (κ3) is 3.67. The standard InChI is InChI=1S/C22H22ClN3O2/c1-15(27)12-21-24-19-13-16(22(28)25-10-3-2-4-11-25)8-9-20(19)26(21)18-7-5-6-17(23)14-18/h5-9,13-14H,2-4,10-12H2,1H3. The molecule has 0 unspecified atom stereocenters. The minimum absolute atomic E-state index is 0.0307. The third-order valence-electron chi connectivity index (χ3n) is 5.09. The number of nitrogens with zero attached hydrogens (tertiary/aromatic N) is 3. The monoisotopic (exact) mass is 395 g/mol. The fraction of sp³-hybridized carbons (Fsp3) is 0.318. The topological polar surface area (TPSA) is 55.2 Å². The molecule has 1 saturated heterocycles. The second kappa shape index (κ2) is 7.76. The molecule has 1 aliphatic heterocycles. The first kappa shape index (κ1) is 18.7. The number of aromatic nitrogens is 2. The molecule has 4 rings (SSSR count). The molecule has 3 aromatic rings. The maximum absolute atomic E-state index is 12.8. The molecule has 1 aromatic heterocycles. The molecule has 2 aromatic carbocycles. The number of Topliss-reactive ketones (excluding diaryl/α,β-unsaturated/α-hetero) is 1. The molecule has 5 nitrogen and oxygen atoms in total. The zero-order valence-electron chi connectivity index (χ0n) is 15.8. The lowest BCUT2D eigenvalue weighted by Gasteiger charge is -2.26. The summed E-state index contributed by atoms with van der Waals surface area (Å²) in [5.41, 5.74) is 3.05. The highest BCUT2D eigenvalue weighted by Gasteiger charge is 2.20. The molecule has 0 radical (unpaired) electrons. The van der Waals surface area contributed by atoms with Gasteiger partial charge in [0.2, 0.25) is 0 Å². The smallest absolute Gasteiger partial charge is 0.253 e. The van der Waals surface area contributed by atoms with Crippen LogP contribution in [0.3, 0.4) is 0 Å². The van der Waals surface area contributed by atoms with Crippen molar-refractivity contribution >= 4 is 34.3 Å². The van der Waals surface area contributed by atoms with Crippen LogP contribution in [0, 0.1) is 0 Å². The van der Waals surface area contributed by atoms with E-state index in [1.54, 1.807) is 6.92 Å². The van der Waals surface area contributed by atoms with Gasteiger partial charge in [-0.3, -0.25) is 14.2 Å². The van der Waals surface area contributed by atoms with Gasteiger partial charge in [0, 0.05) is 29.4 Å². The summed E-state index contributed by atoms with van der Waals surface area (Å²) in [6.07, 6.45) is 3.51. The molecule has 28 heavy (non-hydrogen) atoms. The highest BCUT2D eigenvalue weighted by molar-refractivity contribution is 6.30. The van der Waals surface area contributed by atoms with Gasteiger partial charge < -0.3 is 4.90 Å². The number of benzene rings is 2. The molecule has 1 fully saturated rings. The van der Waals surface area contributed by atoms with Gasteiger partial charge in [0.1, 0.15) is 11.6 Å². The number of ketones is 1. The van der Waals surface area contributed by atoms with E-state index in [0.29, 0.717) is 21.9 Å². The number of carbonyl (C=O) groups excluding carboxylic acids is 2. The van der Waals surface area contributed by atoms with Crippen LogP contribution in [-0.2, 0) is 11.2 Å². The van der Waals surface area contributed by atoms with Crippen molar-refractivity contribution in [2.75, 3.05) is 13.1 Å². The quantitative estimate of drug-likeness (QED) is 0.656. The highest BCUT2D eigenvalue weighted by atomic mass is 35.5. The number of rotatable bonds is 4. The summed E-state index contributed by atoms with van der Waals surface area (Å²) in [7, 11) is 0. The van der Waals surface area contributed by atoms with Crippen molar-refractivity contribution in [3.63, 3.8) is 0 Å². The summed E-state index contributed by atoms with van der Waals surface area (Å²) < 4.78 is 1.94. The van der Waals surface area contributed by atoms with Crippen molar-refractivity contribution in [3.8, 4) is 5.69 Å². The van der Waals surface area contributed by atoms with E-state index in [4.69, 9.17) is 11.6 Å². The van der Waals surface area contributed by atoms with E-state index in [1.165, 1.54) is 6.42 Å². The number of carbonyl (C=O) groups is 2. The van der Waals surface area contributed by atoms with Gasteiger partial charge in [0.25, 0.3) is 5.91 Å². The van der Waals surface area contributed by atoms with Crippen molar-refractivity contribution in [3.05, 3.63) is 58.9 Å². The van der Waals surface area contributed by atoms with Gasteiger partial charge in [-0.05, 0) is 62.6 Å². The zero-order chi connectivity index (χ0) is 19.7. The SMILES string of the molecule is CC(=O)Cc1nc2cc(C(=O)N3CCCCC3)ccc2n1-c1cccc(Cl)c1. The maximum Gasteiger partial charge on any atom is 0.253 e. The zero-order valence-corrected chi connectivity index (χ0v) is 16.6. The van der Waals surface area contributed by atoms with Gasteiger partial charge in [-0.25, -0.2) is 4.98 Å². The molecular formula is C22H22ClN3O2. The third-order valence-corrected chi connectivity index (χ3v) is 5.32. The Morgan fingerprint density at radius 2 is 1.86 bits per heavy atom. The van der Waals surface area contributed by atoms with Gasteiger partial charge in [-0.1, -0.05) is 17.7 Å². The Morgan fingerprint density at radius 3 is 2.57 bits per heavy atom. The summed E-state index contributed by atoms with van der Waals surface area (Å²) in [6.45, 7) is 3.17. The lowest BCUT2D eigenvalue weighted by molar-refractivity contribution is -0.116. The molecule has 6 heteroatoms. The molecule has 0 saturated carbocycles. The van der Waals surface area contributed by atoms with E-state index in [2.05, 4.69) is 4.98 Å². The molecule has 0 atom stereocenters. The molecule has 0 bridgehead atoms. The van der Waals surface area contributed by atoms with E-state index < -0.39 is 0 Å². The van der Waals surface area contributed by atoms with E-state index in [9.17, 15) is 9.59 Å². The van der Waals surface area contributed by atoms with Crippen molar-refractivity contribution in [1.82, 2.24) is 14.5 Å². The Balaban J connectivity index is 1.79. The van der Waals surface area contributed by atoms with E-state index in [-0.39, 0.29) is 18.1 Å². The second-order valence-electron chi connectivity index (χ2n) is 7.28. The fourth-order valence-corrected chi connectivity index (χ4v) is 3.97.